The van der Waals surface area contributed by atoms with Gasteiger partial charge in [-0.3, -0.25) is 0 Å². The number of methoxy groups -OCH3 is 1. The summed E-state index contributed by atoms with van der Waals surface area (Å²) in [4.78, 5) is 3.99. The standard InChI is InChI=1S/C19H21N5O2/c1-25-15-5-3-2-4-14(15)13-8-6-12(7-9-13)11-26-16-10-17(20)23-19(24-22)18(16)21/h2-10H,11,21-22H2,1H3,(H3,20,23,24). The van der Waals surface area contributed by atoms with Crippen molar-refractivity contribution in [3.63, 3.8) is 0 Å². The van der Waals surface area contributed by atoms with Crippen LogP contribution in [0.25, 0.3) is 11.1 Å². The highest BCUT2D eigenvalue weighted by Crippen LogP contribution is 2.31. The number of hydrogen-bond donors (Lipinski definition) is 4. The largest absolute Gasteiger partial charge is 0.496 e. The number of hydrazine groups is 1. The van der Waals surface area contributed by atoms with Crippen molar-refractivity contribution in [3.05, 3.63) is 60.2 Å². The fraction of sp³-hybridized carbons (Fsp3) is 0.105. The van der Waals surface area contributed by atoms with Crippen LogP contribution in [0, 0.1) is 0 Å². The van der Waals surface area contributed by atoms with Gasteiger partial charge in [-0.25, -0.2) is 10.8 Å². The van der Waals surface area contributed by atoms with E-state index >= 15 is 0 Å². The van der Waals surface area contributed by atoms with Crippen LogP contribution in [0.15, 0.2) is 54.6 Å². The van der Waals surface area contributed by atoms with Gasteiger partial charge in [0.15, 0.2) is 5.82 Å². The number of para-hydroxylation sites is 1. The van der Waals surface area contributed by atoms with Crippen molar-refractivity contribution in [1.82, 2.24) is 4.98 Å². The number of rotatable bonds is 6. The van der Waals surface area contributed by atoms with Gasteiger partial charge in [-0.1, -0.05) is 42.5 Å². The molecule has 0 atom stereocenters. The Hall–Kier alpha value is -3.45. The van der Waals surface area contributed by atoms with Crippen LogP contribution < -0.4 is 32.2 Å². The first-order valence-electron chi connectivity index (χ1n) is 8.00. The first-order valence-corrected chi connectivity index (χ1v) is 8.00. The van der Waals surface area contributed by atoms with Crippen molar-refractivity contribution in [1.29, 1.82) is 0 Å². The van der Waals surface area contributed by atoms with E-state index in [0.717, 1.165) is 22.4 Å². The molecule has 0 aliphatic rings. The summed E-state index contributed by atoms with van der Waals surface area (Å²) in [7, 11) is 1.66. The number of nitrogen functional groups attached to an aromatic ring is 3. The second kappa shape index (κ2) is 7.62. The molecule has 0 aliphatic carbocycles. The molecule has 3 aromatic rings. The zero-order valence-corrected chi connectivity index (χ0v) is 14.4. The van der Waals surface area contributed by atoms with Gasteiger partial charge < -0.3 is 26.4 Å². The van der Waals surface area contributed by atoms with Crippen LogP contribution >= 0.6 is 0 Å². The van der Waals surface area contributed by atoms with Crippen molar-refractivity contribution in [2.45, 2.75) is 6.61 Å². The van der Waals surface area contributed by atoms with E-state index in [1.54, 1.807) is 13.2 Å². The first-order chi connectivity index (χ1) is 12.6. The summed E-state index contributed by atoms with van der Waals surface area (Å²) in [6.07, 6.45) is 0. The summed E-state index contributed by atoms with van der Waals surface area (Å²) in [5.41, 5.74) is 17.5. The summed E-state index contributed by atoms with van der Waals surface area (Å²) in [6.45, 7) is 0.337. The van der Waals surface area contributed by atoms with Gasteiger partial charge in [0.05, 0.1) is 7.11 Å². The number of nitrogens with zero attached hydrogens (tertiary/aromatic N) is 1. The number of hydrogen-bond acceptors (Lipinski definition) is 7. The third-order valence-corrected chi connectivity index (χ3v) is 3.94. The topological polar surface area (TPSA) is 121 Å². The van der Waals surface area contributed by atoms with Crippen LogP contribution in [0.2, 0.25) is 0 Å². The molecule has 0 spiro atoms. The van der Waals surface area contributed by atoms with Gasteiger partial charge in [0.25, 0.3) is 0 Å². The van der Waals surface area contributed by atoms with Crippen molar-refractivity contribution < 1.29 is 9.47 Å². The lowest BCUT2D eigenvalue weighted by atomic mass is 10.0. The molecule has 134 valence electrons. The van der Waals surface area contributed by atoms with E-state index < -0.39 is 0 Å². The first kappa shape index (κ1) is 17.4. The van der Waals surface area contributed by atoms with E-state index in [-0.39, 0.29) is 11.6 Å². The lowest BCUT2D eigenvalue weighted by molar-refractivity contribution is 0.308. The number of pyridine rings is 1. The summed E-state index contributed by atoms with van der Waals surface area (Å²) >= 11 is 0. The van der Waals surface area contributed by atoms with Crippen LogP contribution in [-0.4, -0.2) is 12.1 Å². The van der Waals surface area contributed by atoms with Crippen molar-refractivity contribution in [3.8, 4) is 22.6 Å². The fourth-order valence-electron chi connectivity index (χ4n) is 2.60. The minimum absolute atomic E-state index is 0.272. The number of aromatic nitrogens is 1. The Morgan fingerprint density at radius 3 is 2.42 bits per heavy atom. The van der Waals surface area contributed by atoms with Gasteiger partial charge >= 0.3 is 0 Å². The number of benzene rings is 2. The smallest absolute Gasteiger partial charge is 0.169 e. The maximum absolute atomic E-state index is 5.96. The Balaban J connectivity index is 1.76. The van der Waals surface area contributed by atoms with Gasteiger partial charge in [-0.05, 0) is 17.2 Å². The highest BCUT2D eigenvalue weighted by molar-refractivity contribution is 5.72. The molecular weight excluding hydrogens is 330 g/mol. The minimum atomic E-state index is 0.272. The van der Waals surface area contributed by atoms with Gasteiger partial charge in [-0.2, -0.15) is 0 Å². The zero-order valence-electron chi connectivity index (χ0n) is 14.4. The van der Waals surface area contributed by atoms with E-state index in [2.05, 4.69) is 10.4 Å². The predicted molar refractivity (Wildman–Crippen MR) is 104 cm³/mol. The molecule has 3 rings (SSSR count). The number of nitrogens with one attached hydrogen (secondary N) is 1. The monoisotopic (exact) mass is 351 g/mol. The average molecular weight is 351 g/mol. The summed E-state index contributed by atoms with van der Waals surface area (Å²) in [5.74, 6) is 7.19. The molecule has 0 unspecified atom stereocenters. The van der Waals surface area contributed by atoms with E-state index in [0.29, 0.717) is 18.0 Å². The molecule has 0 saturated carbocycles. The SMILES string of the molecule is COc1ccccc1-c1ccc(COc2cc(N)nc(NN)c2N)cc1. The van der Waals surface area contributed by atoms with E-state index in [9.17, 15) is 0 Å². The van der Waals surface area contributed by atoms with Crippen molar-refractivity contribution >= 4 is 17.3 Å². The summed E-state index contributed by atoms with van der Waals surface area (Å²) in [6, 6.07) is 17.5. The lowest BCUT2D eigenvalue weighted by Crippen LogP contribution is -2.13. The quantitative estimate of drug-likeness (QED) is 0.398. The third kappa shape index (κ3) is 3.62. The Morgan fingerprint density at radius 1 is 1.00 bits per heavy atom. The lowest BCUT2D eigenvalue weighted by Gasteiger charge is -2.13. The predicted octanol–water partition coefficient (Wildman–Crippen LogP) is 2.79. The summed E-state index contributed by atoms with van der Waals surface area (Å²) in [5, 5.41) is 0. The number of ether oxygens (including phenoxy) is 2. The Kier molecular flexibility index (Phi) is 5.09. The van der Waals surface area contributed by atoms with E-state index in [1.807, 2.05) is 48.5 Å². The molecular formula is C19H21N5O2. The second-order valence-corrected chi connectivity index (χ2v) is 5.64. The molecule has 7 nitrogen and oxygen atoms in total. The second-order valence-electron chi connectivity index (χ2n) is 5.64. The molecule has 0 radical (unpaired) electrons. The van der Waals surface area contributed by atoms with Crippen LogP contribution in [0.3, 0.4) is 0 Å². The van der Waals surface area contributed by atoms with E-state index in [4.69, 9.17) is 26.8 Å². The Morgan fingerprint density at radius 2 is 1.73 bits per heavy atom. The molecule has 0 saturated heterocycles. The number of nitrogens with two attached hydrogens (primary N) is 3. The van der Waals surface area contributed by atoms with Crippen LogP contribution in [0.4, 0.5) is 17.3 Å². The maximum atomic E-state index is 5.96. The molecule has 7 heteroatoms. The highest BCUT2D eigenvalue weighted by atomic mass is 16.5. The van der Waals surface area contributed by atoms with Gasteiger partial charge in [-0.15, -0.1) is 0 Å². The molecule has 1 heterocycles. The molecule has 0 aliphatic heterocycles. The molecule has 0 amide bonds. The normalized spacial score (nSPS) is 10.4. The average Bonchev–Trinajstić information content (AvgIpc) is 2.68. The molecule has 0 fully saturated rings. The zero-order chi connectivity index (χ0) is 18.5. The Labute approximate surface area is 151 Å². The molecule has 1 aromatic heterocycles. The van der Waals surface area contributed by atoms with Crippen LogP contribution in [0.5, 0.6) is 11.5 Å². The minimum Gasteiger partial charge on any atom is -0.496 e. The third-order valence-electron chi connectivity index (χ3n) is 3.94. The van der Waals surface area contributed by atoms with Crippen molar-refractivity contribution in [2.24, 2.45) is 5.84 Å². The van der Waals surface area contributed by atoms with E-state index in [1.165, 1.54) is 0 Å². The van der Waals surface area contributed by atoms with Gasteiger partial charge in [0.2, 0.25) is 0 Å². The van der Waals surface area contributed by atoms with Crippen LogP contribution in [-0.2, 0) is 6.61 Å². The van der Waals surface area contributed by atoms with Gasteiger partial charge in [0, 0.05) is 11.6 Å². The van der Waals surface area contributed by atoms with Gasteiger partial charge in [0.1, 0.15) is 29.6 Å². The maximum Gasteiger partial charge on any atom is 0.169 e. The Bertz CT molecular complexity index is 897. The van der Waals surface area contributed by atoms with Crippen molar-refractivity contribution in [2.75, 3.05) is 24.0 Å². The fourth-order valence-corrected chi connectivity index (χ4v) is 2.60. The molecule has 7 N–H and O–H groups in total. The molecule has 26 heavy (non-hydrogen) atoms. The number of anilines is 3. The highest BCUT2D eigenvalue weighted by Gasteiger charge is 2.10. The molecule has 0 bridgehead atoms. The van der Waals surface area contributed by atoms with Crippen LogP contribution in [0.1, 0.15) is 5.56 Å². The molecule has 2 aromatic carbocycles. The summed E-state index contributed by atoms with van der Waals surface area (Å²) < 4.78 is 11.2.